The third-order valence-corrected chi connectivity index (χ3v) is 6.17. The number of aromatic amines is 1. The standard InChI is InChI=1S/C20H14F3N5.C6H6O3S/c1-12-7-13(8-17-15(12)3-2-6-24-17)16-9-19(27-11-26-16)28-18-5-4-14(10-25-18)20(21,22)23;7-10(8,9)6-4-2-1-3-5-6/h2-11H,1H3,(H,25,26,27,28);1-5H,(H,7,8,9). The van der Waals surface area contributed by atoms with Gasteiger partial charge in [-0.25, -0.2) is 23.7 Å². The number of fused-ring (bicyclic) bond motifs is 1. The van der Waals surface area contributed by atoms with Gasteiger partial charge in [0.1, 0.15) is 22.6 Å². The molecule has 5 aromatic rings. The van der Waals surface area contributed by atoms with Crippen molar-refractivity contribution in [2.75, 3.05) is 5.32 Å². The van der Waals surface area contributed by atoms with Crippen LogP contribution in [0.15, 0.2) is 96.4 Å². The van der Waals surface area contributed by atoms with Gasteiger partial charge in [0.2, 0.25) is 5.82 Å². The van der Waals surface area contributed by atoms with Crippen molar-refractivity contribution >= 4 is 32.7 Å². The number of nitrogens with one attached hydrogen (secondary N) is 2. The second-order valence-corrected chi connectivity index (χ2v) is 9.41. The molecule has 0 amide bonds. The first-order valence-electron chi connectivity index (χ1n) is 11.1. The van der Waals surface area contributed by atoms with Gasteiger partial charge < -0.3 is 4.55 Å². The van der Waals surface area contributed by atoms with Gasteiger partial charge in [-0.1, -0.05) is 24.3 Å². The predicted octanol–water partition coefficient (Wildman–Crippen LogP) is 5.17. The first-order chi connectivity index (χ1) is 18.0. The fourth-order valence-corrected chi connectivity index (χ4v) is 3.99. The Bertz CT molecular complexity index is 1660. The van der Waals surface area contributed by atoms with E-state index in [1.54, 1.807) is 18.3 Å². The number of benzene rings is 2. The lowest BCUT2D eigenvalue weighted by Crippen LogP contribution is -2.15. The number of nitrogens with zero attached hydrogens (tertiary/aromatic N) is 3. The van der Waals surface area contributed by atoms with Crippen molar-refractivity contribution < 1.29 is 31.1 Å². The van der Waals surface area contributed by atoms with E-state index in [0.717, 1.165) is 34.3 Å². The molecule has 0 aliphatic carbocycles. The summed E-state index contributed by atoms with van der Waals surface area (Å²) in [5.41, 5.74) is 2.75. The predicted molar refractivity (Wildman–Crippen MR) is 133 cm³/mol. The van der Waals surface area contributed by atoms with Gasteiger partial charge in [0.25, 0.3) is 5.82 Å². The minimum absolute atomic E-state index is 0.185. The summed E-state index contributed by atoms with van der Waals surface area (Å²) in [6.45, 7) is 2.00. The molecule has 0 aliphatic rings. The summed E-state index contributed by atoms with van der Waals surface area (Å²) in [5.74, 6) is 0.841. The Labute approximate surface area is 216 Å². The molecule has 0 fully saturated rings. The van der Waals surface area contributed by atoms with Gasteiger partial charge in [-0.3, -0.25) is 4.98 Å². The molecule has 0 aliphatic heterocycles. The highest BCUT2D eigenvalue weighted by Gasteiger charge is 2.31. The molecule has 0 saturated carbocycles. The van der Waals surface area contributed by atoms with Gasteiger partial charge in [-0.2, -0.15) is 18.2 Å². The highest BCUT2D eigenvalue weighted by atomic mass is 32.2. The number of hydrogen-bond donors (Lipinski definition) is 1. The van der Waals surface area contributed by atoms with Crippen LogP contribution in [0.1, 0.15) is 11.1 Å². The Balaban J connectivity index is 0.000000283. The molecule has 0 unspecified atom stereocenters. The fraction of sp³-hybridized carbons (Fsp3) is 0.0769. The van der Waals surface area contributed by atoms with Crippen LogP contribution in [0.25, 0.3) is 22.2 Å². The zero-order valence-corrected chi connectivity index (χ0v) is 20.6. The number of H-pyrrole nitrogens is 1. The Morgan fingerprint density at radius 2 is 1.68 bits per heavy atom. The van der Waals surface area contributed by atoms with Gasteiger partial charge in [-0.15, -0.1) is 0 Å². The number of alkyl halides is 3. The van der Waals surface area contributed by atoms with E-state index in [4.69, 9.17) is 0 Å². The molecule has 5 rings (SSSR count). The molecular formula is C26H20F3N5O3S. The largest absolute Gasteiger partial charge is 0.744 e. The minimum atomic E-state index is -4.39. The quantitative estimate of drug-likeness (QED) is 0.313. The molecule has 0 atom stereocenters. The van der Waals surface area contributed by atoms with E-state index >= 15 is 0 Å². The van der Waals surface area contributed by atoms with Crippen LogP contribution in [0.3, 0.4) is 0 Å². The Hall–Kier alpha value is -4.42. The summed E-state index contributed by atoms with van der Waals surface area (Å²) in [7, 11) is -4.25. The first-order valence-corrected chi connectivity index (χ1v) is 12.5. The van der Waals surface area contributed by atoms with Crippen molar-refractivity contribution in [3.63, 3.8) is 0 Å². The number of rotatable bonds is 4. The van der Waals surface area contributed by atoms with Gasteiger partial charge in [-0.05, 0) is 48.9 Å². The van der Waals surface area contributed by atoms with Crippen LogP contribution >= 0.6 is 0 Å². The van der Waals surface area contributed by atoms with Crippen molar-refractivity contribution in [3.05, 3.63) is 103 Å². The SMILES string of the molecule is Cc1cc(-c2cc(Nc3ccc(C(F)(F)F)c[nH+]3)ncn2)cc2ncccc12.O=S(=O)([O-])c1ccccc1. The number of aryl methyl sites for hydroxylation is 1. The second-order valence-electron chi connectivity index (χ2n) is 8.03. The smallest absolute Gasteiger partial charge is 0.419 e. The average Bonchev–Trinajstić information content (AvgIpc) is 2.89. The topological polar surface area (TPSA) is 122 Å². The van der Waals surface area contributed by atoms with Crippen LogP contribution in [0.5, 0.6) is 0 Å². The van der Waals surface area contributed by atoms with Crippen molar-refractivity contribution in [1.29, 1.82) is 0 Å². The van der Waals surface area contributed by atoms with Crippen LogP contribution < -0.4 is 10.3 Å². The summed E-state index contributed by atoms with van der Waals surface area (Å²) in [4.78, 5) is 15.2. The maximum Gasteiger partial charge on any atom is 0.419 e. The summed E-state index contributed by atoms with van der Waals surface area (Å²) in [6, 6.07) is 19.1. The number of aromatic nitrogens is 4. The maximum atomic E-state index is 12.7. The summed E-state index contributed by atoms with van der Waals surface area (Å²) < 4.78 is 68.8. The van der Waals surface area contributed by atoms with Crippen molar-refractivity contribution in [3.8, 4) is 11.3 Å². The third kappa shape index (κ3) is 6.66. The molecule has 38 heavy (non-hydrogen) atoms. The summed E-state index contributed by atoms with van der Waals surface area (Å²) in [5, 5.41) is 4.02. The average molecular weight is 540 g/mol. The Morgan fingerprint density at radius 1 is 0.921 bits per heavy atom. The van der Waals surface area contributed by atoms with E-state index in [2.05, 4.69) is 25.3 Å². The normalized spacial score (nSPS) is 11.5. The lowest BCUT2D eigenvalue weighted by atomic mass is 10.0. The zero-order chi connectivity index (χ0) is 27.3. The number of halogens is 3. The Kier molecular flexibility index (Phi) is 7.65. The number of hydrogen-bond acceptors (Lipinski definition) is 7. The lowest BCUT2D eigenvalue weighted by Gasteiger charge is -2.07. The van der Waals surface area contributed by atoms with Gasteiger partial charge in [0.05, 0.1) is 21.7 Å². The summed E-state index contributed by atoms with van der Waals surface area (Å²) >= 11 is 0. The third-order valence-electron chi connectivity index (χ3n) is 5.33. The first kappa shape index (κ1) is 26.6. The molecule has 0 spiro atoms. The lowest BCUT2D eigenvalue weighted by molar-refractivity contribution is -0.364. The monoisotopic (exact) mass is 539 g/mol. The van der Waals surface area contributed by atoms with Crippen molar-refractivity contribution in [2.24, 2.45) is 0 Å². The minimum Gasteiger partial charge on any atom is -0.744 e. The van der Waals surface area contributed by atoms with Gasteiger partial charge in [0, 0.05) is 29.3 Å². The Morgan fingerprint density at radius 3 is 2.32 bits per heavy atom. The van der Waals surface area contributed by atoms with Gasteiger partial charge >= 0.3 is 6.18 Å². The van der Waals surface area contributed by atoms with Crippen LogP contribution in [0, 0.1) is 6.92 Å². The van der Waals surface area contributed by atoms with Crippen LogP contribution in [0.4, 0.5) is 24.8 Å². The summed E-state index contributed by atoms with van der Waals surface area (Å²) in [6.07, 6.45) is -0.347. The molecule has 3 aromatic heterocycles. The highest BCUT2D eigenvalue weighted by molar-refractivity contribution is 7.85. The van der Waals surface area contributed by atoms with E-state index in [9.17, 15) is 26.1 Å². The van der Waals surface area contributed by atoms with Gasteiger partial charge in [0.15, 0.2) is 0 Å². The molecule has 8 nitrogen and oxygen atoms in total. The molecule has 2 N–H and O–H groups in total. The molecule has 3 heterocycles. The van der Waals surface area contributed by atoms with Crippen LogP contribution in [0.2, 0.25) is 0 Å². The van der Waals surface area contributed by atoms with E-state index < -0.39 is 21.9 Å². The van der Waals surface area contributed by atoms with Crippen molar-refractivity contribution in [1.82, 2.24) is 15.0 Å². The fourth-order valence-electron chi connectivity index (χ4n) is 3.50. The molecule has 12 heteroatoms. The van der Waals surface area contributed by atoms with E-state index in [0.29, 0.717) is 17.3 Å². The number of pyridine rings is 2. The van der Waals surface area contributed by atoms with Crippen LogP contribution in [-0.4, -0.2) is 27.9 Å². The van der Waals surface area contributed by atoms with Crippen molar-refractivity contribution in [2.45, 2.75) is 18.0 Å². The molecular weight excluding hydrogens is 519 g/mol. The van der Waals surface area contributed by atoms with E-state index in [1.807, 2.05) is 31.2 Å². The molecule has 0 bridgehead atoms. The van der Waals surface area contributed by atoms with E-state index in [-0.39, 0.29) is 4.90 Å². The second kappa shape index (κ2) is 10.9. The maximum absolute atomic E-state index is 12.7. The molecule has 2 aromatic carbocycles. The van der Waals surface area contributed by atoms with E-state index in [1.165, 1.54) is 36.7 Å². The van der Waals surface area contributed by atoms with Crippen LogP contribution in [-0.2, 0) is 16.3 Å². The highest BCUT2D eigenvalue weighted by Crippen LogP contribution is 2.29. The zero-order valence-electron chi connectivity index (χ0n) is 19.8. The molecule has 194 valence electrons. The molecule has 0 radical (unpaired) electrons. The molecule has 0 saturated heterocycles. The number of anilines is 2.